The van der Waals surface area contributed by atoms with Crippen LogP contribution in [-0.2, 0) is 0 Å². The molecular weight excluding hydrogens is 432 g/mol. The fourth-order valence-corrected chi connectivity index (χ4v) is 3.18. The number of methoxy groups -OCH3 is 1. The van der Waals surface area contributed by atoms with Crippen LogP contribution in [0.15, 0.2) is 82.2 Å². The normalized spacial score (nSPS) is 11.4. The Hall–Kier alpha value is -4.10. The first kappa shape index (κ1) is 21.1. The van der Waals surface area contributed by atoms with Gasteiger partial charge in [0.2, 0.25) is 5.55 Å². The fraction of sp³-hybridized carbons (Fsp3) is 0.0417. The Balaban J connectivity index is 1.85. The van der Waals surface area contributed by atoms with E-state index in [2.05, 4.69) is 10.3 Å². The van der Waals surface area contributed by atoms with Gasteiger partial charge in [0.1, 0.15) is 5.56 Å². The van der Waals surface area contributed by atoms with Gasteiger partial charge in [0.05, 0.1) is 18.4 Å². The lowest BCUT2D eigenvalue weighted by Crippen LogP contribution is -2.21. The summed E-state index contributed by atoms with van der Waals surface area (Å²) in [6.45, 7) is 0. The number of rotatable bonds is 5. The van der Waals surface area contributed by atoms with E-state index >= 15 is 0 Å². The van der Waals surface area contributed by atoms with Crippen molar-refractivity contribution >= 4 is 45.8 Å². The fourth-order valence-electron chi connectivity index (χ4n) is 3.06. The number of carboxylic acids is 1. The number of para-hydroxylation sites is 1. The SMILES string of the molecule is COc1cccc2cc(C(=O)Nc3ccc(Cl)cc3)c(=Nc3ccc(C(=O)O)cc3)oc12. The second-order valence-electron chi connectivity index (χ2n) is 6.77. The molecule has 0 aliphatic heterocycles. The van der Waals surface area contributed by atoms with E-state index in [0.29, 0.717) is 33.1 Å². The number of hydrogen-bond donors (Lipinski definition) is 2. The molecule has 32 heavy (non-hydrogen) atoms. The van der Waals surface area contributed by atoms with Crippen LogP contribution in [0.3, 0.4) is 0 Å². The molecule has 1 heterocycles. The van der Waals surface area contributed by atoms with Crippen LogP contribution in [0, 0.1) is 0 Å². The standard InChI is InChI=1S/C24H17ClN2O5/c1-31-20-4-2-3-15-13-19(22(28)26-17-11-7-16(25)8-12-17)23(32-21(15)20)27-18-9-5-14(6-10-18)24(29)30/h2-13H,1H3,(H,26,28)(H,29,30). The molecule has 8 heteroatoms. The van der Waals surface area contributed by atoms with Crippen LogP contribution >= 0.6 is 11.6 Å². The molecule has 1 aromatic heterocycles. The number of benzene rings is 3. The van der Waals surface area contributed by atoms with Gasteiger partial charge < -0.3 is 19.6 Å². The summed E-state index contributed by atoms with van der Waals surface area (Å²) in [5.41, 5.74) is 1.79. The van der Waals surface area contributed by atoms with Gasteiger partial charge in [-0.3, -0.25) is 4.79 Å². The second kappa shape index (κ2) is 8.95. The van der Waals surface area contributed by atoms with Gasteiger partial charge in [-0.2, -0.15) is 0 Å². The molecule has 0 atom stereocenters. The molecule has 0 unspecified atom stereocenters. The molecule has 4 rings (SSSR count). The zero-order valence-corrected chi connectivity index (χ0v) is 17.6. The maximum absolute atomic E-state index is 13.1. The highest BCUT2D eigenvalue weighted by atomic mass is 35.5. The molecule has 0 spiro atoms. The number of aromatic carboxylic acids is 1. The van der Waals surface area contributed by atoms with Gasteiger partial charge in [-0.15, -0.1) is 0 Å². The summed E-state index contributed by atoms with van der Waals surface area (Å²) < 4.78 is 11.4. The van der Waals surface area contributed by atoms with E-state index in [1.165, 1.54) is 31.4 Å². The van der Waals surface area contributed by atoms with Gasteiger partial charge in [0.25, 0.3) is 5.91 Å². The largest absolute Gasteiger partial charge is 0.493 e. The van der Waals surface area contributed by atoms with Crippen LogP contribution in [0.5, 0.6) is 5.75 Å². The van der Waals surface area contributed by atoms with E-state index in [1.807, 2.05) is 0 Å². The van der Waals surface area contributed by atoms with E-state index in [9.17, 15) is 9.59 Å². The van der Waals surface area contributed by atoms with Crippen molar-refractivity contribution in [3.8, 4) is 5.75 Å². The zero-order chi connectivity index (χ0) is 22.7. The van der Waals surface area contributed by atoms with Gasteiger partial charge in [0, 0.05) is 16.1 Å². The summed E-state index contributed by atoms with van der Waals surface area (Å²) in [7, 11) is 1.52. The third-order valence-electron chi connectivity index (χ3n) is 4.65. The molecule has 7 nitrogen and oxygen atoms in total. The number of nitrogens with zero attached hydrogens (tertiary/aromatic N) is 1. The third-order valence-corrected chi connectivity index (χ3v) is 4.90. The number of hydrogen-bond acceptors (Lipinski definition) is 5. The van der Waals surface area contributed by atoms with E-state index in [1.54, 1.807) is 48.5 Å². The quantitative estimate of drug-likeness (QED) is 0.432. The molecule has 1 amide bonds. The minimum atomic E-state index is -1.04. The minimum absolute atomic E-state index is 0.0524. The van der Waals surface area contributed by atoms with E-state index in [0.717, 1.165) is 0 Å². The summed E-state index contributed by atoms with van der Waals surface area (Å²) in [5.74, 6) is -0.980. The van der Waals surface area contributed by atoms with Gasteiger partial charge in [-0.25, -0.2) is 9.79 Å². The number of carbonyl (C=O) groups is 2. The van der Waals surface area contributed by atoms with Gasteiger partial charge in [-0.1, -0.05) is 23.7 Å². The predicted molar refractivity (Wildman–Crippen MR) is 121 cm³/mol. The Morgan fingerprint density at radius 1 is 1.03 bits per heavy atom. The molecule has 0 radical (unpaired) electrons. The summed E-state index contributed by atoms with van der Waals surface area (Å²) >= 11 is 5.91. The van der Waals surface area contributed by atoms with Crippen molar-refractivity contribution in [2.24, 2.45) is 4.99 Å². The lowest BCUT2D eigenvalue weighted by Gasteiger charge is -2.09. The van der Waals surface area contributed by atoms with Crippen molar-refractivity contribution in [3.05, 3.63) is 94.5 Å². The average molecular weight is 449 g/mol. The van der Waals surface area contributed by atoms with Gasteiger partial charge in [0.15, 0.2) is 11.3 Å². The lowest BCUT2D eigenvalue weighted by molar-refractivity contribution is 0.0696. The first-order valence-electron chi connectivity index (χ1n) is 9.50. The number of ether oxygens (including phenoxy) is 1. The highest BCUT2D eigenvalue weighted by Crippen LogP contribution is 2.25. The summed E-state index contributed by atoms with van der Waals surface area (Å²) in [6, 6.07) is 19.6. The van der Waals surface area contributed by atoms with E-state index < -0.39 is 11.9 Å². The predicted octanol–water partition coefficient (Wildman–Crippen LogP) is 5.28. The summed E-state index contributed by atoms with van der Waals surface area (Å²) in [4.78, 5) is 28.6. The molecule has 4 aromatic rings. The van der Waals surface area contributed by atoms with E-state index in [-0.39, 0.29) is 16.7 Å². The zero-order valence-electron chi connectivity index (χ0n) is 16.8. The minimum Gasteiger partial charge on any atom is -0.493 e. The van der Waals surface area contributed by atoms with Crippen LogP contribution in [0.2, 0.25) is 5.02 Å². The Morgan fingerprint density at radius 2 is 1.75 bits per heavy atom. The Kier molecular flexibility index (Phi) is 5.91. The molecule has 3 aromatic carbocycles. The maximum atomic E-state index is 13.1. The smallest absolute Gasteiger partial charge is 0.335 e. The van der Waals surface area contributed by atoms with Gasteiger partial charge >= 0.3 is 5.97 Å². The highest BCUT2D eigenvalue weighted by molar-refractivity contribution is 6.30. The molecule has 0 saturated carbocycles. The monoisotopic (exact) mass is 448 g/mol. The first-order valence-corrected chi connectivity index (χ1v) is 9.88. The molecule has 0 saturated heterocycles. The molecule has 0 bridgehead atoms. The van der Waals surface area contributed by atoms with Crippen LogP contribution < -0.4 is 15.6 Å². The van der Waals surface area contributed by atoms with Crippen LogP contribution in [0.4, 0.5) is 11.4 Å². The Bertz CT molecular complexity index is 1380. The number of amides is 1. The summed E-state index contributed by atoms with van der Waals surface area (Å²) in [5, 5.41) is 13.1. The maximum Gasteiger partial charge on any atom is 0.335 e. The lowest BCUT2D eigenvalue weighted by atomic mass is 10.1. The number of nitrogens with one attached hydrogen (secondary N) is 1. The van der Waals surface area contributed by atoms with Crippen molar-refractivity contribution in [1.82, 2.24) is 0 Å². The van der Waals surface area contributed by atoms with Crippen molar-refractivity contribution in [2.45, 2.75) is 0 Å². The van der Waals surface area contributed by atoms with Crippen molar-refractivity contribution in [1.29, 1.82) is 0 Å². The van der Waals surface area contributed by atoms with Gasteiger partial charge in [-0.05, 0) is 60.7 Å². The van der Waals surface area contributed by atoms with E-state index in [4.69, 9.17) is 25.9 Å². The first-order chi connectivity index (χ1) is 15.4. The number of carboxylic acid groups (broad SMARTS) is 1. The van der Waals surface area contributed by atoms with Crippen LogP contribution in [0.1, 0.15) is 20.7 Å². The second-order valence-corrected chi connectivity index (χ2v) is 7.21. The Labute approximate surface area is 187 Å². The Morgan fingerprint density at radius 3 is 2.41 bits per heavy atom. The van der Waals surface area contributed by atoms with Crippen LogP contribution in [-0.4, -0.2) is 24.1 Å². The molecule has 2 N–H and O–H groups in total. The number of halogens is 1. The molecule has 0 aliphatic rings. The highest BCUT2D eigenvalue weighted by Gasteiger charge is 2.15. The summed E-state index contributed by atoms with van der Waals surface area (Å²) in [6.07, 6.45) is 0. The molecular formula is C24H17ClN2O5. The molecule has 160 valence electrons. The van der Waals surface area contributed by atoms with Crippen LogP contribution in [0.25, 0.3) is 11.0 Å². The van der Waals surface area contributed by atoms with Crippen molar-refractivity contribution in [3.63, 3.8) is 0 Å². The average Bonchev–Trinajstić information content (AvgIpc) is 2.80. The third kappa shape index (κ3) is 4.48. The topological polar surface area (TPSA) is 101 Å². The molecule has 0 fully saturated rings. The number of carbonyl (C=O) groups excluding carboxylic acids is 1. The van der Waals surface area contributed by atoms with Crippen molar-refractivity contribution < 1.29 is 23.8 Å². The van der Waals surface area contributed by atoms with Crippen molar-refractivity contribution in [2.75, 3.05) is 12.4 Å². The number of fused-ring (bicyclic) bond motifs is 1. The molecule has 0 aliphatic carbocycles. The number of anilines is 1.